The highest BCUT2D eigenvalue weighted by Crippen LogP contribution is 2.32. The third-order valence-electron chi connectivity index (χ3n) is 3.56. The molecule has 1 atom stereocenters. The Bertz CT molecular complexity index is 671. The summed E-state index contributed by atoms with van der Waals surface area (Å²) >= 11 is 0. The van der Waals surface area contributed by atoms with Crippen LogP contribution in [0, 0.1) is 13.8 Å². The number of imide groups is 1. The Morgan fingerprint density at radius 3 is 2.43 bits per heavy atom. The molecule has 0 bridgehead atoms. The summed E-state index contributed by atoms with van der Waals surface area (Å²) in [6.07, 6.45) is 0. The van der Waals surface area contributed by atoms with E-state index in [9.17, 15) is 14.4 Å². The second kappa shape index (κ2) is 5.40. The van der Waals surface area contributed by atoms with Crippen molar-refractivity contribution >= 4 is 17.9 Å². The number of hydrogen-bond donors (Lipinski definition) is 1. The number of esters is 1. The molecule has 1 aliphatic heterocycles. The van der Waals surface area contributed by atoms with Crippen LogP contribution in [0.1, 0.15) is 44.8 Å². The van der Waals surface area contributed by atoms with Crippen molar-refractivity contribution in [2.24, 2.45) is 0 Å². The average molecular weight is 322 g/mol. The molecule has 23 heavy (non-hydrogen) atoms. The van der Waals surface area contributed by atoms with Gasteiger partial charge in [0.2, 0.25) is 0 Å². The Labute approximate surface area is 135 Å². The third kappa shape index (κ3) is 3.23. The number of nitrogens with zero attached hydrogens (tertiary/aromatic N) is 1. The predicted octanol–water partition coefficient (Wildman–Crippen LogP) is 2.01. The third-order valence-corrected chi connectivity index (χ3v) is 3.56. The Balaban J connectivity index is 2.23. The van der Waals surface area contributed by atoms with Crippen molar-refractivity contribution in [1.82, 2.24) is 10.2 Å². The maximum Gasteiger partial charge on any atom is 0.326 e. The minimum atomic E-state index is -1.25. The molecule has 2 heterocycles. The highest BCUT2D eigenvalue weighted by atomic mass is 16.6. The van der Waals surface area contributed by atoms with Gasteiger partial charge in [-0.2, -0.15) is 0 Å². The van der Waals surface area contributed by atoms with Crippen molar-refractivity contribution < 1.29 is 23.5 Å². The van der Waals surface area contributed by atoms with Crippen molar-refractivity contribution in [1.29, 1.82) is 0 Å². The number of carbonyl (C=O) groups excluding carboxylic acids is 3. The summed E-state index contributed by atoms with van der Waals surface area (Å²) in [5, 5.41) is 2.64. The van der Waals surface area contributed by atoms with Gasteiger partial charge in [0.1, 0.15) is 29.2 Å². The summed E-state index contributed by atoms with van der Waals surface area (Å²) in [6, 6.07) is 1.09. The molecule has 1 aromatic heterocycles. The van der Waals surface area contributed by atoms with E-state index in [1.54, 1.807) is 47.6 Å². The van der Waals surface area contributed by atoms with Crippen LogP contribution in [0.2, 0.25) is 0 Å². The first-order valence-corrected chi connectivity index (χ1v) is 7.37. The number of nitrogens with one attached hydrogen (secondary N) is 1. The van der Waals surface area contributed by atoms with Gasteiger partial charge in [0.05, 0.1) is 0 Å². The first-order chi connectivity index (χ1) is 10.4. The molecule has 7 nitrogen and oxygen atoms in total. The topological polar surface area (TPSA) is 88.9 Å². The van der Waals surface area contributed by atoms with E-state index < -0.39 is 35.6 Å². The fraction of sp³-hybridized carbons (Fsp3) is 0.562. The van der Waals surface area contributed by atoms with E-state index in [1.807, 2.05) is 0 Å². The number of ether oxygens (including phenoxy) is 1. The number of furan rings is 1. The maximum atomic E-state index is 12.7. The normalized spacial score (nSPS) is 21.6. The smallest absolute Gasteiger partial charge is 0.326 e. The lowest BCUT2D eigenvalue weighted by Crippen LogP contribution is -2.42. The Morgan fingerprint density at radius 2 is 1.96 bits per heavy atom. The standard InChI is InChI=1S/C16H22N2O5/c1-9-7-11(10(2)22-9)16(6)13(20)18(14(21)17-16)8-12(19)23-15(3,4)5/h7H,8H2,1-6H3,(H,17,21). The van der Waals surface area contributed by atoms with Crippen LogP contribution >= 0.6 is 0 Å². The lowest BCUT2D eigenvalue weighted by Gasteiger charge is -2.22. The SMILES string of the molecule is Cc1cc(C2(C)NC(=O)N(CC(=O)OC(C)(C)C)C2=O)c(C)o1. The van der Waals surface area contributed by atoms with E-state index in [1.165, 1.54) is 0 Å². The van der Waals surface area contributed by atoms with Crippen molar-refractivity contribution in [2.75, 3.05) is 6.54 Å². The highest BCUT2D eigenvalue weighted by molar-refractivity contribution is 6.08. The van der Waals surface area contributed by atoms with E-state index in [-0.39, 0.29) is 0 Å². The molecule has 0 spiro atoms. The molecule has 3 amide bonds. The molecule has 1 saturated heterocycles. The fourth-order valence-corrected chi connectivity index (χ4v) is 2.65. The van der Waals surface area contributed by atoms with Gasteiger partial charge in [0, 0.05) is 5.56 Å². The maximum absolute atomic E-state index is 12.7. The Hall–Kier alpha value is -2.31. The number of urea groups is 1. The van der Waals surface area contributed by atoms with Crippen molar-refractivity contribution in [3.8, 4) is 0 Å². The van der Waals surface area contributed by atoms with Gasteiger partial charge >= 0.3 is 12.0 Å². The summed E-state index contributed by atoms with van der Waals surface area (Å²) in [4.78, 5) is 37.6. The van der Waals surface area contributed by atoms with E-state index in [0.29, 0.717) is 17.1 Å². The van der Waals surface area contributed by atoms with Crippen LogP contribution in [0.15, 0.2) is 10.5 Å². The molecule has 0 saturated carbocycles. The number of aryl methyl sites for hydroxylation is 2. The number of hydrogen-bond acceptors (Lipinski definition) is 5. The molecule has 1 aliphatic rings. The minimum Gasteiger partial charge on any atom is -0.466 e. The molecule has 1 fully saturated rings. The quantitative estimate of drug-likeness (QED) is 0.679. The van der Waals surface area contributed by atoms with Gasteiger partial charge in [-0.15, -0.1) is 0 Å². The van der Waals surface area contributed by atoms with Crippen molar-refractivity contribution in [3.63, 3.8) is 0 Å². The largest absolute Gasteiger partial charge is 0.466 e. The van der Waals surface area contributed by atoms with E-state index >= 15 is 0 Å². The zero-order valence-corrected chi connectivity index (χ0v) is 14.3. The molecule has 0 aliphatic carbocycles. The van der Waals surface area contributed by atoms with Crippen LogP contribution in [-0.2, 0) is 19.9 Å². The van der Waals surface area contributed by atoms with Gasteiger partial charge in [0.15, 0.2) is 0 Å². The molecular weight excluding hydrogens is 300 g/mol. The fourth-order valence-electron chi connectivity index (χ4n) is 2.65. The molecule has 1 aromatic rings. The highest BCUT2D eigenvalue weighted by Gasteiger charge is 2.51. The van der Waals surface area contributed by atoms with Crippen molar-refractivity contribution in [2.45, 2.75) is 52.7 Å². The summed E-state index contributed by atoms with van der Waals surface area (Å²) in [7, 11) is 0. The van der Waals surface area contributed by atoms with Crippen LogP contribution in [0.5, 0.6) is 0 Å². The van der Waals surface area contributed by atoms with Gasteiger partial charge in [-0.1, -0.05) is 0 Å². The molecule has 7 heteroatoms. The monoisotopic (exact) mass is 322 g/mol. The molecule has 1 N–H and O–H groups in total. The molecule has 0 radical (unpaired) electrons. The summed E-state index contributed by atoms with van der Waals surface area (Å²) in [5.41, 5.74) is -1.35. The molecule has 1 unspecified atom stereocenters. The van der Waals surface area contributed by atoms with Crippen LogP contribution in [0.25, 0.3) is 0 Å². The van der Waals surface area contributed by atoms with Crippen LogP contribution in [-0.4, -0.2) is 35.0 Å². The lowest BCUT2D eigenvalue weighted by molar-refractivity contribution is -0.157. The second-order valence-electron chi connectivity index (χ2n) is 6.86. The number of rotatable bonds is 3. The van der Waals surface area contributed by atoms with Crippen molar-refractivity contribution in [3.05, 3.63) is 23.2 Å². The number of amides is 3. The van der Waals surface area contributed by atoms with Gasteiger partial charge in [-0.25, -0.2) is 4.79 Å². The zero-order valence-electron chi connectivity index (χ0n) is 14.3. The first-order valence-electron chi connectivity index (χ1n) is 7.37. The summed E-state index contributed by atoms with van der Waals surface area (Å²) in [5.74, 6) is 0.0618. The van der Waals surface area contributed by atoms with Gasteiger partial charge in [0.25, 0.3) is 5.91 Å². The Kier molecular flexibility index (Phi) is 4.00. The van der Waals surface area contributed by atoms with Gasteiger partial charge in [-0.3, -0.25) is 14.5 Å². The summed E-state index contributed by atoms with van der Waals surface area (Å²) < 4.78 is 10.6. The van der Waals surface area contributed by atoms with Gasteiger partial charge < -0.3 is 14.5 Å². The molecule has 126 valence electrons. The molecule has 2 rings (SSSR count). The summed E-state index contributed by atoms with van der Waals surface area (Å²) in [6.45, 7) is 9.83. The lowest BCUT2D eigenvalue weighted by atomic mass is 9.92. The van der Waals surface area contributed by atoms with Crippen LogP contribution in [0.4, 0.5) is 4.79 Å². The molecule has 0 aromatic carbocycles. The van der Waals surface area contributed by atoms with E-state index in [4.69, 9.17) is 9.15 Å². The van der Waals surface area contributed by atoms with E-state index in [0.717, 1.165) is 4.90 Å². The molecular formula is C16H22N2O5. The zero-order chi connectivity index (χ0) is 17.6. The Morgan fingerprint density at radius 1 is 1.35 bits per heavy atom. The van der Waals surface area contributed by atoms with Crippen LogP contribution < -0.4 is 5.32 Å². The minimum absolute atomic E-state index is 0.423. The van der Waals surface area contributed by atoms with E-state index in [2.05, 4.69) is 5.32 Å². The van der Waals surface area contributed by atoms with Crippen LogP contribution in [0.3, 0.4) is 0 Å². The average Bonchev–Trinajstić information content (AvgIpc) is 2.81. The first kappa shape index (κ1) is 17.1. The van der Waals surface area contributed by atoms with Gasteiger partial charge in [-0.05, 0) is 47.6 Å². The predicted molar refractivity (Wildman–Crippen MR) is 81.6 cm³/mol. The second-order valence-corrected chi connectivity index (χ2v) is 6.86. The number of carbonyl (C=O) groups is 3.